The molecule has 0 saturated carbocycles. The van der Waals surface area contributed by atoms with E-state index < -0.39 is 21.7 Å². The second-order valence-electron chi connectivity index (χ2n) is 4.30. The standard InChI is InChI=1S/C13H12FN3O3S/c1-8-3-2-4-12(16-8)13(18)17-11-6-5-9(7-10(11)14)21(15,19)20/h2-7H,1H3,(H,17,18)(H2,15,19,20). The molecule has 0 saturated heterocycles. The number of nitrogens with two attached hydrogens (primary N) is 1. The molecule has 0 bridgehead atoms. The van der Waals surface area contributed by atoms with Crippen LogP contribution in [0.4, 0.5) is 10.1 Å². The first-order valence-corrected chi connectivity index (χ1v) is 7.39. The highest BCUT2D eigenvalue weighted by molar-refractivity contribution is 7.89. The Kier molecular flexibility index (Phi) is 4.01. The summed E-state index contributed by atoms with van der Waals surface area (Å²) in [5, 5.41) is 7.21. The fourth-order valence-corrected chi connectivity index (χ4v) is 2.16. The normalized spacial score (nSPS) is 11.2. The maximum Gasteiger partial charge on any atom is 0.274 e. The summed E-state index contributed by atoms with van der Waals surface area (Å²) in [6, 6.07) is 7.84. The number of hydrogen-bond acceptors (Lipinski definition) is 4. The average Bonchev–Trinajstić information content (AvgIpc) is 2.39. The Balaban J connectivity index is 2.26. The number of rotatable bonds is 3. The van der Waals surface area contributed by atoms with Gasteiger partial charge >= 0.3 is 0 Å². The number of aromatic nitrogens is 1. The lowest BCUT2D eigenvalue weighted by Gasteiger charge is -2.07. The van der Waals surface area contributed by atoms with Crippen LogP contribution in [0.15, 0.2) is 41.3 Å². The van der Waals surface area contributed by atoms with Crippen LogP contribution in [0.1, 0.15) is 16.2 Å². The lowest BCUT2D eigenvalue weighted by molar-refractivity contribution is 0.102. The van der Waals surface area contributed by atoms with Gasteiger partial charge in [0.15, 0.2) is 0 Å². The molecule has 110 valence electrons. The Labute approximate surface area is 120 Å². The van der Waals surface area contributed by atoms with Crippen molar-refractivity contribution in [3.63, 3.8) is 0 Å². The predicted molar refractivity (Wildman–Crippen MR) is 74.7 cm³/mol. The lowest BCUT2D eigenvalue weighted by atomic mass is 10.2. The third kappa shape index (κ3) is 3.61. The summed E-state index contributed by atoms with van der Waals surface area (Å²) in [4.78, 5) is 15.6. The molecular weight excluding hydrogens is 297 g/mol. The van der Waals surface area contributed by atoms with E-state index in [1.165, 1.54) is 6.07 Å². The lowest BCUT2D eigenvalue weighted by Crippen LogP contribution is -2.16. The highest BCUT2D eigenvalue weighted by Crippen LogP contribution is 2.18. The van der Waals surface area contributed by atoms with E-state index in [2.05, 4.69) is 10.3 Å². The van der Waals surface area contributed by atoms with Gasteiger partial charge in [-0.25, -0.2) is 22.9 Å². The highest BCUT2D eigenvalue weighted by atomic mass is 32.2. The van der Waals surface area contributed by atoms with Crippen LogP contribution in [0.2, 0.25) is 0 Å². The van der Waals surface area contributed by atoms with Gasteiger partial charge in [-0.2, -0.15) is 0 Å². The average molecular weight is 309 g/mol. The minimum atomic E-state index is -3.99. The highest BCUT2D eigenvalue weighted by Gasteiger charge is 2.14. The van der Waals surface area contributed by atoms with Crippen molar-refractivity contribution in [2.75, 3.05) is 5.32 Å². The zero-order valence-corrected chi connectivity index (χ0v) is 11.8. The van der Waals surface area contributed by atoms with Crippen LogP contribution < -0.4 is 10.5 Å². The van der Waals surface area contributed by atoms with Gasteiger partial charge in [-0.05, 0) is 37.3 Å². The third-order valence-electron chi connectivity index (χ3n) is 2.64. The predicted octanol–water partition coefficient (Wildman–Crippen LogP) is 1.43. The van der Waals surface area contributed by atoms with Crippen LogP contribution in [-0.2, 0) is 10.0 Å². The quantitative estimate of drug-likeness (QED) is 0.895. The van der Waals surface area contributed by atoms with Crippen molar-refractivity contribution in [1.82, 2.24) is 4.98 Å². The maximum atomic E-state index is 13.8. The van der Waals surface area contributed by atoms with Crippen molar-refractivity contribution < 1.29 is 17.6 Å². The fraction of sp³-hybridized carbons (Fsp3) is 0.0769. The van der Waals surface area contributed by atoms with E-state index >= 15 is 0 Å². The molecule has 0 aliphatic carbocycles. The van der Waals surface area contributed by atoms with E-state index in [0.29, 0.717) is 5.69 Å². The number of carbonyl (C=O) groups is 1. The van der Waals surface area contributed by atoms with Crippen molar-refractivity contribution in [3.8, 4) is 0 Å². The SMILES string of the molecule is Cc1cccc(C(=O)Nc2ccc(S(N)(=O)=O)cc2F)n1. The van der Waals surface area contributed by atoms with Crippen LogP contribution >= 0.6 is 0 Å². The number of anilines is 1. The molecule has 3 N–H and O–H groups in total. The Morgan fingerprint density at radius 3 is 2.57 bits per heavy atom. The monoisotopic (exact) mass is 309 g/mol. The molecule has 1 heterocycles. The molecule has 0 unspecified atom stereocenters. The largest absolute Gasteiger partial charge is 0.318 e. The number of benzene rings is 1. The number of primary sulfonamides is 1. The van der Waals surface area contributed by atoms with Gasteiger partial charge in [0.1, 0.15) is 11.5 Å². The molecule has 0 spiro atoms. The van der Waals surface area contributed by atoms with Crippen molar-refractivity contribution in [2.24, 2.45) is 5.14 Å². The van der Waals surface area contributed by atoms with Crippen LogP contribution in [-0.4, -0.2) is 19.3 Å². The topological polar surface area (TPSA) is 102 Å². The fourth-order valence-electron chi connectivity index (χ4n) is 1.63. The molecule has 8 heteroatoms. The Morgan fingerprint density at radius 2 is 2.00 bits per heavy atom. The minimum absolute atomic E-state index is 0.130. The molecule has 0 aliphatic heterocycles. The van der Waals surface area contributed by atoms with Gasteiger partial charge in [0.05, 0.1) is 10.6 Å². The second-order valence-corrected chi connectivity index (χ2v) is 5.87. The number of amides is 1. The molecule has 2 aromatic rings. The van der Waals surface area contributed by atoms with Gasteiger partial charge in [-0.15, -0.1) is 0 Å². The number of carbonyl (C=O) groups excluding carboxylic acids is 1. The number of aryl methyl sites for hydroxylation is 1. The number of hydrogen-bond donors (Lipinski definition) is 2. The van der Waals surface area contributed by atoms with Gasteiger partial charge in [-0.3, -0.25) is 4.79 Å². The van der Waals surface area contributed by atoms with Crippen LogP contribution in [0.25, 0.3) is 0 Å². The summed E-state index contributed by atoms with van der Waals surface area (Å²) in [6.07, 6.45) is 0. The molecular formula is C13H12FN3O3S. The van der Waals surface area contributed by atoms with Crippen molar-refractivity contribution in [1.29, 1.82) is 0 Å². The third-order valence-corrected chi connectivity index (χ3v) is 3.55. The second kappa shape index (κ2) is 5.58. The minimum Gasteiger partial charge on any atom is -0.318 e. The summed E-state index contributed by atoms with van der Waals surface area (Å²) in [5.74, 6) is -1.50. The van der Waals surface area contributed by atoms with Gasteiger partial charge in [0.25, 0.3) is 5.91 Å². The number of pyridine rings is 1. The van der Waals surface area contributed by atoms with E-state index in [4.69, 9.17) is 5.14 Å². The van der Waals surface area contributed by atoms with E-state index in [1.54, 1.807) is 19.1 Å². The molecule has 1 aromatic heterocycles. The first-order chi connectivity index (χ1) is 9.77. The number of sulfonamides is 1. The first-order valence-electron chi connectivity index (χ1n) is 5.85. The summed E-state index contributed by atoms with van der Waals surface area (Å²) in [5.41, 5.74) is 0.619. The van der Waals surface area contributed by atoms with E-state index in [-0.39, 0.29) is 16.3 Å². The van der Waals surface area contributed by atoms with Gasteiger partial charge in [-0.1, -0.05) is 6.07 Å². The van der Waals surface area contributed by atoms with Gasteiger partial charge < -0.3 is 5.32 Å². The molecule has 0 radical (unpaired) electrons. The zero-order valence-electron chi connectivity index (χ0n) is 11.0. The Bertz CT molecular complexity index is 806. The molecule has 0 aliphatic rings. The maximum absolute atomic E-state index is 13.8. The van der Waals surface area contributed by atoms with Crippen molar-refractivity contribution in [2.45, 2.75) is 11.8 Å². The Hall–Kier alpha value is -2.32. The van der Waals surface area contributed by atoms with Crippen molar-refractivity contribution >= 4 is 21.6 Å². The molecule has 21 heavy (non-hydrogen) atoms. The molecule has 6 nitrogen and oxygen atoms in total. The summed E-state index contributed by atoms with van der Waals surface area (Å²) < 4.78 is 36.0. The number of nitrogens with zero attached hydrogens (tertiary/aromatic N) is 1. The smallest absolute Gasteiger partial charge is 0.274 e. The van der Waals surface area contributed by atoms with E-state index in [9.17, 15) is 17.6 Å². The summed E-state index contributed by atoms with van der Waals surface area (Å²) >= 11 is 0. The first kappa shape index (κ1) is 15.1. The summed E-state index contributed by atoms with van der Waals surface area (Å²) in [7, 11) is -3.99. The molecule has 0 fully saturated rings. The summed E-state index contributed by atoms with van der Waals surface area (Å²) in [6.45, 7) is 1.72. The Morgan fingerprint density at radius 1 is 1.29 bits per heavy atom. The molecule has 1 amide bonds. The number of halogens is 1. The van der Waals surface area contributed by atoms with Crippen LogP contribution in [0.3, 0.4) is 0 Å². The number of nitrogens with one attached hydrogen (secondary N) is 1. The molecule has 1 aromatic carbocycles. The van der Waals surface area contributed by atoms with E-state index in [1.807, 2.05) is 0 Å². The molecule has 2 rings (SSSR count). The zero-order chi connectivity index (χ0) is 15.6. The molecule has 0 atom stereocenters. The van der Waals surface area contributed by atoms with Gasteiger partial charge in [0.2, 0.25) is 10.0 Å². The van der Waals surface area contributed by atoms with Crippen LogP contribution in [0.5, 0.6) is 0 Å². The van der Waals surface area contributed by atoms with Gasteiger partial charge in [0, 0.05) is 5.69 Å². The van der Waals surface area contributed by atoms with Crippen molar-refractivity contribution in [3.05, 3.63) is 53.6 Å². The van der Waals surface area contributed by atoms with E-state index in [0.717, 1.165) is 18.2 Å². The van der Waals surface area contributed by atoms with Crippen LogP contribution in [0, 0.1) is 12.7 Å².